The minimum atomic E-state index is -0.469. The number of anilines is 2. The second-order valence-corrected chi connectivity index (χ2v) is 9.04. The van der Waals surface area contributed by atoms with Crippen molar-refractivity contribution in [3.05, 3.63) is 107 Å². The Hall–Kier alpha value is -4.04. The number of nitrogens with one attached hydrogen (secondary N) is 2. The van der Waals surface area contributed by atoms with Crippen molar-refractivity contribution in [3.8, 4) is 5.75 Å². The van der Waals surface area contributed by atoms with Crippen LogP contribution in [0.1, 0.15) is 24.1 Å². The van der Waals surface area contributed by atoms with Crippen molar-refractivity contribution in [3.63, 3.8) is 0 Å². The molecule has 1 amide bonds. The molecule has 2 heterocycles. The van der Waals surface area contributed by atoms with Gasteiger partial charge in [-0.2, -0.15) is 4.98 Å². The predicted octanol–water partition coefficient (Wildman–Crippen LogP) is 5.51. The molecule has 0 saturated heterocycles. The Balaban J connectivity index is 1.51. The topological polar surface area (TPSA) is 81.1 Å². The van der Waals surface area contributed by atoms with Crippen molar-refractivity contribution in [2.45, 2.75) is 23.9 Å². The lowest BCUT2D eigenvalue weighted by Gasteiger charge is -2.28. The van der Waals surface area contributed by atoms with E-state index < -0.39 is 6.04 Å². The number of allylic oxidation sites excluding steroid dienone is 1. The van der Waals surface area contributed by atoms with Gasteiger partial charge in [0.25, 0.3) is 5.91 Å². The van der Waals surface area contributed by atoms with Crippen LogP contribution < -0.4 is 15.4 Å². The molecule has 2 N–H and O–H groups in total. The average molecular weight is 484 g/mol. The average Bonchev–Trinajstić information content (AvgIpc) is 3.30. The highest BCUT2D eigenvalue weighted by Crippen LogP contribution is 2.38. The molecular weight excluding hydrogens is 458 g/mol. The Morgan fingerprint density at radius 1 is 1.06 bits per heavy atom. The number of thioether (sulfide) groups is 1. The zero-order chi connectivity index (χ0) is 24.2. The van der Waals surface area contributed by atoms with Gasteiger partial charge in [0, 0.05) is 17.1 Å². The monoisotopic (exact) mass is 483 g/mol. The first-order valence-electron chi connectivity index (χ1n) is 11.2. The lowest BCUT2D eigenvalue weighted by Crippen LogP contribution is -2.31. The molecule has 4 aromatic rings. The normalized spacial score (nSPS) is 14.7. The van der Waals surface area contributed by atoms with Crippen LogP contribution in [0.4, 0.5) is 11.6 Å². The van der Waals surface area contributed by atoms with Crippen molar-refractivity contribution < 1.29 is 9.53 Å². The van der Waals surface area contributed by atoms with Gasteiger partial charge in [0.1, 0.15) is 11.8 Å². The number of fused-ring (bicyclic) bond motifs is 1. The van der Waals surface area contributed by atoms with Crippen LogP contribution in [-0.4, -0.2) is 27.8 Å². The van der Waals surface area contributed by atoms with Gasteiger partial charge in [-0.25, -0.2) is 4.68 Å². The van der Waals surface area contributed by atoms with Crippen LogP contribution >= 0.6 is 11.8 Å². The molecule has 1 aliphatic rings. The lowest BCUT2D eigenvalue weighted by atomic mass is 9.95. The number of hydrogen-bond acceptors (Lipinski definition) is 6. The SMILES string of the molecule is COc1cccc(C2C(C(=O)Nc3ccccc3)=C(C)Nc3nc(SCc4ccccc4)nn32)c1. The first kappa shape index (κ1) is 22.7. The second kappa shape index (κ2) is 10.1. The van der Waals surface area contributed by atoms with E-state index in [4.69, 9.17) is 14.8 Å². The molecule has 0 radical (unpaired) electrons. The summed E-state index contributed by atoms with van der Waals surface area (Å²) in [5, 5.41) is 11.8. The van der Waals surface area contributed by atoms with Gasteiger partial charge in [0.15, 0.2) is 0 Å². The number of nitrogens with zero attached hydrogens (tertiary/aromatic N) is 3. The molecule has 1 atom stereocenters. The third-order valence-corrected chi connectivity index (χ3v) is 6.64. The fraction of sp³-hybridized carbons (Fsp3) is 0.148. The van der Waals surface area contributed by atoms with Crippen LogP contribution in [0.15, 0.2) is 101 Å². The molecule has 7 nitrogen and oxygen atoms in total. The molecule has 0 saturated carbocycles. The lowest BCUT2D eigenvalue weighted by molar-refractivity contribution is -0.113. The van der Waals surface area contributed by atoms with E-state index in [0.29, 0.717) is 22.4 Å². The Bertz CT molecular complexity index is 1370. The highest BCUT2D eigenvalue weighted by molar-refractivity contribution is 7.98. The smallest absolute Gasteiger partial charge is 0.255 e. The van der Waals surface area contributed by atoms with Crippen LogP contribution in [0.5, 0.6) is 5.75 Å². The fourth-order valence-electron chi connectivity index (χ4n) is 4.05. The number of rotatable bonds is 7. The van der Waals surface area contributed by atoms with Gasteiger partial charge in [-0.05, 0) is 42.3 Å². The van der Waals surface area contributed by atoms with Gasteiger partial charge >= 0.3 is 0 Å². The molecule has 0 bridgehead atoms. The molecule has 8 heteroatoms. The summed E-state index contributed by atoms with van der Waals surface area (Å²) in [7, 11) is 1.63. The third-order valence-electron chi connectivity index (χ3n) is 5.73. The summed E-state index contributed by atoms with van der Waals surface area (Å²) in [5.74, 6) is 1.86. The summed E-state index contributed by atoms with van der Waals surface area (Å²) < 4.78 is 7.25. The number of hydrogen-bond donors (Lipinski definition) is 2. The first-order chi connectivity index (χ1) is 17.1. The van der Waals surface area contributed by atoms with Gasteiger partial charge in [-0.3, -0.25) is 4.79 Å². The number of aromatic nitrogens is 3. The highest BCUT2D eigenvalue weighted by Gasteiger charge is 2.34. The quantitative estimate of drug-likeness (QED) is 0.338. The highest BCUT2D eigenvalue weighted by atomic mass is 32.2. The maximum absolute atomic E-state index is 13.5. The molecule has 1 unspecified atom stereocenters. The van der Waals surface area contributed by atoms with Crippen LogP contribution in [0, 0.1) is 0 Å². The summed E-state index contributed by atoms with van der Waals surface area (Å²) in [6, 6.07) is 26.9. The number of carbonyl (C=O) groups excluding carboxylic acids is 1. The van der Waals surface area contributed by atoms with E-state index in [1.54, 1.807) is 23.6 Å². The molecular formula is C27H25N5O2S. The van der Waals surface area contributed by atoms with E-state index in [-0.39, 0.29) is 5.91 Å². The Kier molecular flexibility index (Phi) is 6.54. The molecule has 0 aliphatic carbocycles. The van der Waals surface area contributed by atoms with E-state index in [2.05, 4.69) is 22.8 Å². The van der Waals surface area contributed by atoms with Crippen molar-refractivity contribution in [2.75, 3.05) is 17.7 Å². The number of amides is 1. The molecule has 1 aliphatic heterocycles. The number of ether oxygens (including phenoxy) is 1. The molecule has 0 fully saturated rings. The number of benzene rings is 3. The molecule has 3 aromatic carbocycles. The van der Waals surface area contributed by atoms with E-state index in [1.165, 1.54) is 5.56 Å². The zero-order valence-corrected chi connectivity index (χ0v) is 20.3. The minimum Gasteiger partial charge on any atom is -0.497 e. The summed E-state index contributed by atoms with van der Waals surface area (Å²) in [6.45, 7) is 1.89. The van der Waals surface area contributed by atoms with Crippen LogP contribution in [0.3, 0.4) is 0 Å². The predicted molar refractivity (Wildman–Crippen MR) is 139 cm³/mol. The van der Waals surface area contributed by atoms with Gasteiger partial charge in [0.2, 0.25) is 11.1 Å². The summed E-state index contributed by atoms with van der Waals surface area (Å²) in [5.41, 5.74) is 4.10. The summed E-state index contributed by atoms with van der Waals surface area (Å²) in [4.78, 5) is 18.3. The Morgan fingerprint density at radius 3 is 2.54 bits per heavy atom. The molecule has 1 aromatic heterocycles. The van der Waals surface area contributed by atoms with E-state index in [1.807, 2.05) is 79.7 Å². The van der Waals surface area contributed by atoms with Gasteiger partial charge in [-0.1, -0.05) is 72.4 Å². The van der Waals surface area contributed by atoms with Crippen molar-refractivity contribution in [2.24, 2.45) is 0 Å². The number of para-hydroxylation sites is 1. The Morgan fingerprint density at radius 2 is 1.80 bits per heavy atom. The summed E-state index contributed by atoms with van der Waals surface area (Å²) >= 11 is 1.56. The van der Waals surface area contributed by atoms with Crippen LogP contribution in [0.25, 0.3) is 0 Å². The standard InChI is InChI=1S/C27H25N5O2S/c1-18-23(25(33)29-21-13-7-4-8-14-21)24(20-12-9-15-22(16-20)34-2)32-26(28-18)30-27(31-32)35-17-19-10-5-3-6-11-19/h3-16,24H,17H2,1-2H3,(H,29,33)(H,28,30,31). The zero-order valence-electron chi connectivity index (χ0n) is 19.4. The third kappa shape index (κ3) is 4.93. The Labute approximate surface area is 208 Å². The van der Waals surface area contributed by atoms with E-state index >= 15 is 0 Å². The van der Waals surface area contributed by atoms with Gasteiger partial charge in [0.05, 0.1) is 12.7 Å². The van der Waals surface area contributed by atoms with Crippen LogP contribution in [-0.2, 0) is 10.5 Å². The van der Waals surface area contributed by atoms with Crippen molar-refractivity contribution in [1.29, 1.82) is 0 Å². The maximum atomic E-state index is 13.5. The van der Waals surface area contributed by atoms with Crippen LogP contribution in [0.2, 0.25) is 0 Å². The number of methoxy groups -OCH3 is 1. The summed E-state index contributed by atoms with van der Waals surface area (Å²) in [6.07, 6.45) is 0. The molecule has 0 spiro atoms. The molecule has 35 heavy (non-hydrogen) atoms. The molecule has 5 rings (SSSR count). The fourth-order valence-corrected chi connectivity index (χ4v) is 4.83. The largest absolute Gasteiger partial charge is 0.497 e. The van der Waals surface area contributed by atoms with Crippen molar-refractivity contribution in [1.82, 2.24) is 14.8 Å². The minimum absolute atomic E-state index is 0.200. The molecule has 176 valence electrons. The van der Waals surface area contributed by atoms with Gasteiger partial charge < -0.3 is 15.4 Å². The van der Waals surface area contributed by atoms with Crippen molar-refractivity contribution >= 4 is 29.3 Å². The second-order valence-electron chi connectivity index (χ2n) is 8.10. The van der Waals surface area contributed by atoms with Gasteiger partial charge in [-0.15, -0.1) is 5.10 Å². The maximum Gasteiger partial charge on any atom is 0.255 e. The van der Waals surface area contributed by atoms with E-state index in [9.17, 15) is 4.79 Å². The van der Waals surface area contributed by atoms with E-state index in [0.717, 1.165) is 22.7 Å². The first-order valence-corrected chi connectivity index (χ1v) is 12.2. The number of carbonyl (C=O) groups is 1.